The Hall–Kier alpha value is -1.39. The standard InChI is InChI=1S/C13H13ClO3Si/c1-18(2,3)17-13-10(14)11(15)8-6-4-5-7-9(8)12(13)16/h4-7H,1-3H3. The summed E-state index contributed by atoms with van der Waals surface area (Å²) in [6.45, 7) is 5.80. The molecule has 0 aromatic heterocycles. The number of carbonyl (C=O) groups excluding carboxylic acids is 2. The van der Waals surface area contributed by atoms with E-state index in [2.05, 4.69) is 0 Å². The van der Waals surface area contributed by atoms with Gasteiger partial charge in [0.05, 0.1) is 0 Å². The molecule has 0 radical (unpaired) electrons. The van der Waals surface area contributed by atoms with Crippen molar-refractivity contribution in [2.24, 2.45) is 0 Å². The summed E-state index contributed by atoms with van der Waals surface area (Å²) in [6, 6.07) is 6.64. The van der Waals surface area contributed by atoms with Crippen LogP contribution >= 0.6 is 11.6 Å². The van der Waals surface area contributed by atoms with Crippen LogP contribution in [0.3, 0.4) is 0 Å². The first-order chi connectivity index (χ1) is 8.31. The summed E-state index contributed by atoms with van der Waals surface area (Å²) in [4.78, 5) is 24.3. The molecule has 0 bridgehead atoms. The molecule has 0 spiro atoms. The van der Waals surface area contributed by atoms with E-state index < -0.39 is 8.32 Å². The van der Waals surface area contributed by atoms with Gasteiger partial charge in [-0.15, -0.1) is 0 Å². The van der Waals surface area contributed by atoms with Crippen LogP contribution in [0, 0.1) is 0 Å². The lowest BCUT2D eigenvalue weighted by molar-refractivity contribution is 0.0941. The van der Waals surface area contributed by atoms with Crippen molar-refractivity contribution in [1.82, 2.24) is 0 Å². The third-order valence-corrected chi connectivity index (χ3v) is 3.59. The van der Waals surface area contributed by atoms with E-state index in [1.165, 1.54) is 0 Å². The summed E-state index contributed by atoms with van der Waals surface area (Å²) in [5, 5.41) is -0.110. The lowest BCUT2D eigenvalue weighted by Gasteiger charge is -2.24. The highest BCUT2D eigenvalue weighted by atomic mass is 35.5. The highest BCUT2D eigenvalue weighted by molar-refractivity contribution is 6.70. The van der Waals surface area contributed by atoms with Crippen LogP contribution in [-0.4, -0.2) is 19.9 Å². The summed E-state index contributed by atoms with van der Waals surface area (Å²) < 4.78 is 5.65. The van der Waals surface area contributed by atoms with Crippen molar-refractivity contribution in [2.45, 2.75) is 19.6 Å². The molecule has 1 aliphatic rings. The van der Waals surface area contributed by atoms with Crippen molar-refractivity contribution in [3.05, 3.63) is 46.2 Å². The summed E-state index contributed by atoms with van der Waals surface area (Å²) in [7, 11) is -1.99. The summed E-state index contributed by atoms with van der Waals surface area (Å²) in [5.41, 5.74) is 0.704. The number of fused-ring (bicyclic) bond motifs is 1. The topological polar surface area (TPSA) is 43.4 Å². The van der Waals surface area contributed by atoms with Crippen molar-refractivity contribution >= 4 is 31.5 Å². The molecular weight excluding hydrogens is 268 g/mol. The van der Waals surface area contributed by atoms with Gasteiger partial charge in [-0.2, -0.15) is 0 Å². The predicted molar refractivity (Wildman–Crippen MR) is 72.4 cm³/mol. The number of benzene rings is 1. The minimum atomic E-state index is -1.99. The van der Waals surface area contributed by atoms with Crippen LogP contribution in [0.4, 0.5) is 0 Å². The zero-order valence-corrected chi connectivity index (χ0v) is 12.2. The monoisotopic (exact) mass is 280 g/mol. The van der Waals surface area contributed by atoms with Crippen molar-refractivity contribution < 1.29 is 14.0 Å². The third-order valence-electron chi connectivity index (χ3n) is 2.43. The van der Waals surface area contributed by atoms with Gasteiger partial charge < -0.3 is 4.43 Å². The predicted octanol–water partition coefficient (Wildman–Crippen LogP) is 3.37. The maximum absolute atomic E-state index is 12.3. The first-order valence-corrected chi connectivity index (χ1v) is 9.37. The maximum Gasteiger partial charge on any atom is 0.242 e. The van der Waals surface area contributed by atoms with E-state index in [0.717, 1.165) is 0 Å². The Balaban J connectivity index is 2.53. The van der Waals surface area contributed by atoms with Crippen molar-refractivity contribution in [3.63, 3.8) is 0 Å². The zero-order valence-electron chi connectivity index (χ0n) is 10.4. The van der Waals surface area contributed by atoms with Crippen LogP contribution in [-0.2, 0) is 4.43 Å². The number of rotatable bonds is 2. The molecule has 94 valence electrons. The number of Topliss-reactive ketones (excluding diaryl/α,β-unsaturated/α-hetero) is 2. The largest absolute Gasteiger partial charge is 0.541 e. The quantitative estimate of drug-likeness (QED) is 0.780. The Bertz CT molecular complexity index is 570. The van der Waals surface area contributed by atoms with Gasteiger partial charge in [0.2, 0.25) is 19.9 Å². The van der Waals surface area contributed by atoms with E-state index in [9.17, 15) is 9.59 Å². The summed E-state index contributed by atoms with van der Waals surface area (Å²) in [5.74, 6) is -0.655. The molecular formula is C13H13ClO3Si. The summed E-state index contributed by atoms with van der Waals surface area (Å²) in [6.07, 6.45) is 0. The average molecular weight is 281 g/mol. The molecule has 3 nitrogen and oxygen atoms in total. The van der Waals surface area contributed by atoms with Gasteiger partial charge in [-0.05, 0) is 19.6 Å². The lowest BCUT2D eigenvalue weighted by atomic mass is 9.94. The Labute approximate surface area is 112 Å². The van der Waals surface area contributed by atoms with E-state index in [1.54, 1.807) is 24.3 Å². The Morgan fingerprint density at radius 1 is 1.00 bits per heavy atom. The van der Waals surface area contributed by atoms with Crippen LogP contribution in [0.15, 0.2) is 35.1 Å². The minimum Gasteiger partial charge on any atom is -0.541 e. The molecule has 0 saturated carbocycles. The van der Waals surface area contributed by atoms with Gasteiger partial charge >= 0.3 is 0 Å². The van der Waals surface area contributed by atoms with E-state index >= 15 is 0 Å². The van der Waals surface area contributed by atoms with Crippen LogP contribution < -0.4 is 0 Å². The molecule has 0 heterocycles. The Kier molecular flexibility index (Phi) is 3.17. The van der Waals surface area contributed by atoms with E-state index in [0.29, 0.717) is 11.1 Å². The van der Waals surface area contributed by atoms with Gasteiger partial charge in [-0.25, -0.2) is 0 Å². The minimum absolute atomic E-state index is 0.000432. The molecule has 1 aromatic rings. The second-order valence-electron chi connectivity index (χ2n) is 5.06. The molecule has 0 aliphatic heterocycles. The molecule has 2 rings (SSSR count). The molecule has 0 fully saturated rings. The van der Waals surface area contributed by atoms with E-state index in [-0.39, 0.29) is 22.4 Å². The SMILES string of the molecule is C[Si](C)(C)OC1=C(Cl)C(=O)c2ccccc2C1=O. The van der Waals surface area contributed by atoms with Crippen LogP contribution in [0.2, 0.25) is 19.6 Å². The number of ketones is 2. The molecule has 1 aliphatic carbocycles. The van der Waals surface area contributed by atoms with Gasteiger partial charge in [0, 0.05) is 11.1 Å². The molecule has 0 atom stereocenters. The van der Waals surface area contributed by atoms with E-state index in [1.807, 2.05) is 19.6 Å². The van der Waals surface area contributed by atoms with Crippen LogP contribution in [0.1, 0.15) is 20.7 Å². The Morgan fingerprint density at radius 2 is 1.50 bits per heavy atom. The fourth-order valence-electron chi connectivity index (χ4n) is 1.72. The second kappa shape index (κ2) is 4.37. The molecule has 18 heavy (non-hydrogen) atoms. The van der Waals surface area contributed by atoms with Gasteiger partial charge in [-0.1, -0.05) is 35.9 Å². The zero-order chi connectivity index (χ0) is 13.5. The van der Waals surface area contributed by atoms with E-state index in [4.69, 9.17) is 16.0 Å². The normalized spacial score (nSPS) is 15.8. The maximum atomic E-state index is 12.3. The van der Waals surface area contributed by atoms with Gasteiger partial charge in [0.25, 0.3) is 0 Å². The molecule has 0 amide bonds. The lowest BCUT2D eigenvalue weighted by Crippen LogP contribution is -2.31. The fraction of sp³-hybridized carbons (Fsp3) is 0.231. The van der Waals surface area contributed by atoms with Crippen molar-refractivity contribution in [1.29, 1.82) is 0 Å². The molecule has 1 aromatic carbocycles. The number of halogens is 1. The highest BCUT2D eigenvalue weighted by Gasteiger charge is 2.34. The number of hydrogen-bond donors (Lipinski definition) is 0. The number of hydrogen-bond acceptors (Lipinski definition) is 3. The first kappa shape index (κ1) is 13.0. The molecule has 0 unspecified atom stereocenters. The van der Waals surface area contributed by atoms with Crippen molar-refractivity contribution in [2.75, 3.05) is 0 Å². The third kappa shape index (κ3) is 2.26. The Morgan fingerprint density at radius 3 is 2.00 bits per heavy atom. The van der Waals surface area contributed by atoms with Crippen LogP contribution in [0.25, 0.3) is 0 Å². The summed E-state index contributed by atoms with van der Waals surface area (Å²) >= 11 is 5.97. The highest BCUT2D eigenvalue weighted by Crippen LogP contribution is 2.30. The second-order valence-corrected chi connectivity index (χ2v) is 9.87. The van der Waals surface area contributed by atoms with Crippen molar-refractivity contribution in [3.8, 4) is 0 Å². The smallest absolute Gasteiger partial charge is 0.242 e. The average Bonchev–Trinajstić information content (AvgIpc) is 2.31. The first-order valence-electron chi connectivity index (χ1n) is 5.58. The van der Waals surface area contributed by atoms with Crippen LogP contribution in [0.5, 0.6) is 0 Å². The number of allylic oxidation sites excluding steroid dienone is 2. The fourth-order valence-corrected chi connectivity index (χ4v) is 2.82. The van der Waals surface area contributed by atoms with Gasteiger partial charge in [0.15, 0.2) is 5.76 Å². The molecule has 0 N–H and O–H groups in total. The van der Waals surface area contributed by atoms with Gasteiger partial charge in [-0.3, -0.25) is 9.59 Å². The molecule has 5 heteroatoms. The molecule has 0 saturated heterocycles. The number of carbonyl (C=O) groups is 2. The van der Waals surface area contributed by atoms with Gasteiger partial charge in [0.1, 0.15) is 5.03 Å².